The number of alkyl halides is 1. The van der Waals surface area contributed by atoms with Crippen LogP contribution in [-0.2, 0) is 16.5 Å². The SMILES string of the molecule is C#Cc1c(F)ccc2cc(O)cc(-c3nc4c5c(nc(OC[C-](CC[CH2-])C[C@H]([CH2-])F)nc5c3F)N[C@@H](C)CO4)c12.[CH3-].[Ni]. The Labute approximate surface area is 253 Å². The number of aromatic hydroxyl groups is 1. The molecule has 7 nitrogen and oxygen atoms in total. The first kappa shape index (κ1) is 32.7. The van der Waals surface area contributed by atoms with Crippen molar-refractivity contribution in [2.75, 3.05) is 18.5 Å². The van der Waals surface area contributed by atoms with E-state index in [-0.39, 0.29) is 106 Å². The Morgan fingerprint density at radius 1 is 1.26 bits per heavy atom. The molecular formula is C31H29F3N4NiO3-4. The molecule has 2 aromatic carbocycles. The van der Waals surface area contributed by atoms with E-state index in [1.54, 1.807) is 0 Å². The monoisotopic (exact) mass is 620 g/mol. The molecule has 42 heavy (non-hydrogen) atoms. The van der Waals surface area contributed by atoms with Crippen LogP contribution in [0, 0.1) is 51.2 Å². The average Bonchev–Trinajstić information content (AvgIpc) is 3.07. The Morgan fingerprint density at radius 2 is 2.02 bits per heavy atom. The molecule has 0 unspecified atom stereocenters. The second-order valence-electron chi connectivity index (χ2n) is 9.62. The maximum atomic E-state index is 16.4. The second kappa shape index (κ2) is 13.5. The fourth-order valence-corrected chi connectivity index (χ4v) is 4.77. The molecule has 11 heteroatoms. The summed E-state index contributed by atoms with van der Waals surface area (Å²) in [5, 5.41) is 14.4. The van der Waals surface area contributed by atoms with Gasteiger partial charge in [0, 0.05) is 27.4 Å². The van der Waals surface area contributed by atoms with Crippen LogP contribution in [0.3, 0.4) is 0 Å². The first-order valence-electron chi connectivity index (χ1n) is 12.7. The maximum Gasteiger partial charge on any atom is 0.316 e. The van der Waals surface area contributed by atoms with Gasteiger partial charge in [0.15, 0.2) is 5.82 Å². The van der Waals surface area contributed by atoms with Crippen molar-refractivity contribution in [1.82, 2.24) is 15.0 Å². The fraction of sp³-hybridized carbons (Fsp3) is 0.258. The van der Waals surface area contributed by atoms with E-state index in [1.165, 1.54) is 24.3 Å². The van der Waals surface area contributed by atoms with Crippen LogP contribution >= 0.6 is 0 Å². The number of fused-ring (bicyclic) bond motifs is 1. The van der Waals surface area contributed by atoms with Gasteiger partial charge in [0.1, 0.15) is 40.6 Å². The molecular weight excluding hydrogens is 592 g/mol. The predicted molar refractivity (Wildman–Crippen MR) is 153 cm³/mol. The summed E-state index contributed by atoms with van der Waals surface area (Å²) in [5.41, 5.74) is -0.466. The number of aromatic nitrogens is 3. The minimum atomic E-state index is -1.31. The van der Waals surface area contributed by atoms with Crippen molar-refractivity contribution < 1.29 is 44.2 Å². The molecule has 0 fully saturated rings. The van der Waals surface area contributed by atoms with Gasteiger partial charge in [0.05, 0.1) is 11.6 Å². The Kier molecular flexibility index (Phi) is 10.5. The van der Waals surface area contributed by atoms with Gasteiger partial charge in [-0.25, -0.2) is 26.6 Å². The quantitative estimate of drug-likeness (QED) is 0.131. The van der Waals surface area contributed by atoms with Crippen LogP contribution in [0.2, 0.25) is 0 Å². The largest absolute Gasteiger partial charge is 0.508 e. The normalized spacial score (nSPS) is 14.7. The number of hydrogen-bond acceptors (Lipinski definition) is 7. The number of phenolic OH excluding ortho intramolecular Hbond substituents is 1. The van der Waals surface area contributed by atoms with Crippen LogP contribution in [-0.4, -0.2) is 45.5 Å². The molecule has 226 valence electrons. The summed E-state index contributed by atoms with van der Waals surface area (Å²) in [7, 11) is 0. The third-order valence-corrected chi connectivity index (χ3v) is 6.48. The van der Waals surface area contributed by atoms with Gasteiger partial charge in [-0.15, -0.1) is 6.42 Å². The molecule has 1 aliphatic heterocycles. The molecule has 2 N–H and O–H groups in total. The third-order valence-electron chi connectivity index (χ3n) is 6.48. The van der Waals surface area contributed by atoms with Crippen LogP contribution in [0.5, 0.6) is 17.6 Å². The smallest absolute Gasteiger partial charge is 0.316 e. The van der Waals surface area contributed by atoms with E-state index in [9.17, 15) is 13.9 Å². The maximum absolute atomic E-state index is 16.4. The third kappa shape index (κ3) is 6.34. The molecule has 0 aliphatic carbocycles. The number of rotatable bonds is 8. The number of benzene rings is 2. The molecule has 2 aromatic heterocycles. The molecule has 0 radical (unpaired) electrons. The van der Waals surface area contributed by atoms with Crippen LogP contribution in [0.4, 0.5) is 19.0 Å². The van der Waals surface area contributed by atoms with Gasteiger partial charge in [-0.05, 0) is 37.1 Å². The topological polar surface area (TPSA) is 89.4 Å². The van der Waals surface area contributed by atoms with Gasteiger partial charge in [0.2, 0.25) is 5.88 Å². The van der Waals surface area contributed by atoms with Crippen molar-refractivity contribution in [2.24, 2.45) is 0 Å². The van der Waals surface area contributed by atoms with E-state index in [2.05, 4.69) is 40.0 Å². The second-order valence-corrected chi connectivity index (χ2v) is 9.62. The zero-order valence-electron chi connectivity index (χ0n) is 23.0. The van der Waals surface area contributed by atoms with Gasteiger partial charge < -0.3 is 41.2 Å². The van der Waals surface area contributed by atoms with Crippen molar-refractivity contribution in [3.05, 3.63) is 68.7 Å². The summed E-state index contributed by atoms with van der Waals surface area (Å²) in [6, 6.07) is 4.89. The average molecular weight is 621 g/mol. The van der Waals surface area contributed by atoms with Crippen molar-refractivity contribution in [1.29, 1.82) is 0 Å². The van der Waals surface area contributed by atoms with Gasteiger partial charge in [0.25, 0.3) is 0 Å². The van der Waals surface area contributed by atoms with Gasteiger partial charge >= 0.3 is 6.01 Å². The van der Waals surface area contributed by atoms with E-state index >= 15 is 4.39 Å². The molecule has 0 spiro atoms. The van der Waals surface area contributed by atoms with E-state index < -0.39 is 17.8 Å². The molecule has 0 saturated heterocycles. The molecule has 0 amide bonds. The number of nitrogens with one attached hydrogen (secondary N) is 1. The van der Waals surface area contributed by atoms with E-state index in [4.69, 9.17) is 15.9 Å². The minimum absolute atomic E-state index is 0. The van der Waals surface area contributed by atoms with Crippen molar-refractivity contribution in [2.45, 2.75) is 38.4 Å². The summed E-state index contributed by atoms with van der Waals surface area (Å²) >= 11 is 0. The summed E-state index contributed by atoms with van der Waals surface area (Å²) in [5.74, 6) is 1.58. The predicted octanol–water partition coefficient (Wildman–Crippen LogP) is 6.58. The number of nitrogens with zero attached hydrogens (tertiary/aromatic N) is 3. The first-order chi connectivity index (χ1) is 19.2. The molecule has 3 heterocycles. The van der Waals surface area contributed by atoms with Crippen LogP contribution in [0.1, 0.15) is 31.7 Å². The molecule has 2 atom stereocenters. The zero-order chi connectivity index (χ0) is 28.6. The number of halogens is 3. The number of phenols is 1. The Hall–Kier alpha value is -3.77. The van der Waals surface area contributed by atoms with Crippen LogP contribution in [0.15, 0.2) is 24.3 Å². The number of terminal acetylenes is 1. The Balaban J connectivity index is 0.00000242. The van der Waals surface area contributed by atoms with Crippen LogP contribution in [0.25, 0.3) is 32.9 Å². The summed E-state index contributed by atoms with van der Waals surface area (Å²) < 4.78 is 56.3. The van der Waals surface area contributed by atoms with E-state index in [0.717, 1.165) is 5.92 Å². The molecule has 1 aliphatic rings. The van der Waals surface area contributed by atoms with Gasteiger partial charge in [-0.3, -0.25) is 10.3 Å². The molecule has 0 saturated carbocycles. The number of anilines is 1. The molecule has 5 rings (SSSR count). The fourth-order valence-electron chi connectivity index (χ4n) is 4.77. The summed E-state index contributed by atoms with van der Waals surface area (Å²) in [6.07, 6.45) is 5.45. The first-order valence-corrected chi connectivity index (χ1v) is 12.7. The zero-order valence-corrected chi connectivity index (χ0v) is 24.0. The minimum Gasteiger partial charge on any atom is -0.508 e. The summed E-state index contributed by atoms with van der Waals surface area (Å²) in [6.45, 7) is 9.21. The standard InChI is InChI=1S/C30H26F3N4O3.CH3.Ni/c1-5-7-17(10-15(3)31)14-40-30-36-27-24-28(37-30)34-16(4)13-39-29(24)35-26(25(27)33)21-12-19(38)11-18-8-9-22(32)20(6-2)23(18)21;;/h2,8-9,11-12,15-16,38H,1,3,5,7,10,13-14H2,4H3,(H,34,36,37);1H3;/q-3;-1;/t15-,16-;;/m0../s1. The number of hydrogen-bond donors (Lipinski definition) is 2. The van der Waals surface area contributed by atoms with Crippen LogP contribution < -0.4 is 14.8 Å². The van der Waals surface area contributed by atoms with E-state index in [1.807, 2.05) is 6.92 Å². The van der Waals surface area contributed by atoms with Crippen molar-refractivity contribution in [3.8, 4) is 41.2 Å². The van der Waals surface area contributed by atoms with Gasteiger partial charge in [-0.2, -0.15) is 16.4 Å². The number of pyridine rings is 1. The van der Waals surface area contributed by atoms with Gasteiger partial charge in [-0.1, -0.05) is 18.2 Å². The Bertz CT molecular complexity index is 1640. The number of ether oxygens (including phenoxy) is 2. The van der Waals surface area contributed by atoms with E-state index in [0.29, 0.717) is 18.2 Å². The molecule has 0 bridgehead atoms. The summed E-state index contributed by atoms with van der Waals surface area (Å²) in [4.78, 5) is 13.2. The molecule has 4 aromatic rings. The van der Waals surface area contributed by atoms with Crippen molar-refractivity contribution >= 4 is 27.5 Å². The Morgan fingerprint density at radius 3 is 2.71 bits per heavy atom. The van der Waals surface area contributed by atoms with Crippen molar-refractivity contribution in [3.63, 3.8) is 0 Å².